The van der Waals surface area contributed by atoms with Gasteiger partial charge in [-0.15, -0.1) is 0 Å². The number of nitrogens with one attached hydrogen (secondary N) is 1. The molecule has 1 amide bonds. The summed E-state index contributed by atoms with van der Waals surface area (Å²) in [6.45, 7) is 1.73. The third-order valence-electron chi connectivity index (χ3n) is 4.47. The van der Waals surface area contributed by atoms with Gasteiger partial charge >= 0.3 is 5.97 Å². The maximum absolute atomic E-state index is 12.7. The van der Waals surface area contributed by atoms with Crippen molar-refractivity contribution in [3.05, 3.63) is 59.7 Å². The molecule has 1 aliphatic rings. The lowest BCUT2D eigenvalue weighted by Crippen LogP contribution is -2.38. The Morgan fingerprint density at radius 2 is 1.81 bits per heavy atom. The minimum absolute atomic E-state index is 0.172. The number of amides is 1. The van der Waals surface area contributed by atoms with Crippen LogP contribution in [0.5, 0.6) is 11.5 Å². The Hall–Kier alpha value is -3.02. The van der Waals surface area contributed by atoms with Crippen molar-refractivity contribution in [3.8, 4) is 11.5 Å². The van der Waals surface area contributed by atoms with Crippen molar-refractivity contribution in [2.24, 2.45) is 0 Å². The molecule has 6 nitrogen and oxygen atoms in total. The lowest BCUT2D eigenvalue weighted by molar-refractivity contribution is -0.139. The lowest BCUT2D eigenvalue weighted by atomic mass is 10.0. The fourth-order valence-corrected chi connectivity index (χ4v) is 2.97. The summed E-state index contributed by atoms with van der Waals surface area (Å²) in [6.07, 6.45) is 2.70. The van der Waals surface area contributed by atoms with E-state index in [1.165, 1.54) is 5.56 Å². The molecule has 2 aromatic rings. The molecule has 142 valence electrons. The lowest BCUT2D eigenvalue weighted by Gasteiger charge is -2.18. The number of aliphatic carboxylic acids is 1. The van der Waals surface area contributed by atoms with E-state index in [0.717, 1.165) is 19.3 Å². The van der Waals surface area contributed by atoms with Crippen molar-refractivity contribution in [3.63, 3.8) is 0 Å². The second-order valence-electron chi connectivity index (χ2n) is 6.67. The summed E-state index contributed by atoms with van der Waals surface area (Å²) in [4.78, 5) is 23.4. The summed E-state index contributed by atoms with van der Waals surface area (Å²) in [6, 6.07) is 14.9. The highest BCUT2D eigenvalue weighted by molar-refractivity contribution is 5.95. The number of carboxylic acid groups (broad SMARTS) is 1. The topological polar surface area (TPSA) is 84.9 Å². The average molecular weight is 369 g/mol. The van der Waals surface area contributed by atoms with Gasteiger partial charge in [-0.05, 0) is 49.9 Å². The van der Waals surface area contributed by atoms with Gasteiger partial charge in [0, 0.05) is 11.1 Å². The maximum Gasteiger partial charge on any atom is 0.341 e. The first kappa shape index (κ1) is 18.8. The molecule has 0 unspecified atom stereocenters. The minimum atomic E-state index is -1.07. The third-order valence-corrected chi connectivity index (χ3v) is 4.47. The Bertz CT molecular complexity index is 815. The second-order valence-corrected chi connectivity index (χ2v) is 6.67. The number of benzene rings is 2. The Kier molecular flexibility index (Phi) is 5.64. The Morgan fingerprint density at radius 1 is 1.07 bits per heavy atom. The van der Waals surface area contributed by atoms with Crippen LogP contribution in [0.25, 0.3) is 0 Å². The second kappa shape index (κ2) is 8.12. The average Bonchev–Trinajstić information content (AvgIpc) is 3.40. The Labute approximate surface area is 158 Å². The summed E-state index contributed by atoms with van der Waals surface area (Å²) in [5, 5.41) is 11.9. The van der Waals surface area contributed by atoms with Gasteiger partial charge in [0.15, 0.2) is 18.1 Å². The van der Waals surface area contributed by atoms with E-state index in [4.69, 9.17) is 14.6 Å². The molecule has 0 spiro atoms. The van der Waals surface area contributed by atoms with Crippen molar-refractivity contribution < 1.29 is 24.2 Å². The molecule has 1 aliphatic carbocycles. The molecule has 0 bridgehead atoms. The monoisotopic (exact) mass is 369 g/mol. The number of hydrogen-bond acceptors (Lipinski definition) is 4. The molecule has 0 radical (unpaired) electrons. The van der Waals surface area contributed by atoms with E-state index >= 15 is 0 Å². The van der Waals surface area contributed by atoms with Crippen LogP contribution in [0.15, 0.2) is 48.5 Å². The van der Waals surface area contributed by atoms with Gasteiger partial charge in [0.05, 0.1) is 6.61 Å². The van der Waals surface area contributed by atoms with Crippen molar-refractivity contribution in [1.82, 2.24) is 5.32 Å². The van der Waals surface area contributed by atoms with Crippen LogP contribution in [0.1, 0.15) is 35.7 Å². The number of carboxylic acids is 1. The summed E-state index contributed by atoms with van der Waals surface area (Å²) in [5.41, 5.74) is 1.46. The first-order valence-electron chi connectivity index (χ1n) is 8.99. The Balaban J connectivity index is 1.70. The predicted octanol–water partition coefficient (Wildman–Crippen LogP) is 3.05. The van der Waals surface area contributed by atoms with Crippen LogP contribution in [-0.2, 0) is 11.2 Å². The first-order chi connectivity index (χ1) is 13.0. The van der Waals surface area contributed by atoms with Gasteiger partial charge in [-0.1, -0.05) is 30.3 Å². The summed E-state index contributed by atoms with van der Waals surface area (Å²) in [7, 11) is 0. The minimum Gasteiger partial charge on any atom is -0.490 e. The van der Waals surface area contributed by atoms with E-state index in [2.05, 4.69) is 17.4 Å². The molecule has 1 saturated carbocycles. The zero-order valence-electron chi connectivity index (χ0n) is 15.2. The molecule has 0 saturated heterocycles. The van der Waals surface area contributed by atoms with Crippen molar-refractivity contribution >= 4 is 11.9 Å². The smallest absolute Gasteiger partial charge is 0.341 e. The predicted molar refractivity (Wildman–Crippen MR) is 100 cm³/mol. The van der Waals surface area contributed by atoms with Gasteiger partial charge in [0.25, 0.3) is 5.91 Å². The van der Waals surface area contributed by atoms with E-state index in [-0.39, 0.29) is 11.4 Å². The van der Waals surface area contributed by atoms with Gasteiger partial charge in [-0.3, -0.25) is 4.79 Å². The fourth-order valence-electron chi connectivity index (χ4n) is 2.97. The number of carbonyl (C=O) groups excluding carboxylic acids is 1. The molecule has 1 fully saturated rings. The standard InChI is InChI=1S/C21H23NO5/c1-2-26-18-12-16(8-9-17(18)27-14-19(23)24)20(25)22-21(10-11-21)13-15-6-4-3-5-7-15/h3-9,12H,2,10-11,13-14H2,1H3,(H,22,25)(H,23,24). The quantitative estimate of drug-likeness (QED) is 0.710. The van der Waals surface area contributed by atoms with Crippen molar-refractivity contribution in [2.75, 3.05) is 13.2 Å². The molecule has 2 aromatic carbocycles. The van der Waals surface area contributed by atoms with E-state index < -0.39 is 12.6 Å². The molecule has 2 N–H and O–H groups in total. The molecule has 0 atom stereocenters. The molecule has 0 aliphatic heterocycles. The van der Waals surface area contributed by atoms with Gasteiger partial charge in [0.2, 0.25) is 0 Å². The SMILES string of the molecule is CCOc1cc(C(=O)NC2(Cc3ccccc3)CC2)ccc1OCC(=O)O. The highest BCUT2D eigenvalue weighted by Crippen LogP contribution is 2.39. The largest absolute Gasteiger partial charge is 0.490 e. The van der Waals surface area contributed by atoms with E-state index in [9.17, 15) is 9.59 Å². The summed E-state index contributed by atoms with van der Waals surface area (Å²) >= 11 is 0. The summed E-state index contributed by atoms with van der Waals surface area (Å²) in [5.74, 6) is -0.578. The van der Waals surface area contributed by atoms with Crippen LogP contribution in [0, 0.1) is 0 Å². The van der Waals surface area contributed by atoms with Crippen LogP contribution < -0.4 is 14.8 Å². The zero-order chi connectivity index (χ0) is 19.3. The van der Waals surface area contributed by atoms with E-state index in [1.54, 1.807) is 18.2 Å². The van der Waals surface area contributed by atoms with Crippen molar-refractivity contribution in [1.29, 1.82) is 0 Å². The molecule has 3 rings (SSSR count). The van der Waals surface area contributed by atoms with Crippen LogP contribution in [0.4, 0.5) is 0 Å². The maximum atomic E-state index is 12.7. The van der Waals surface area contributed by atoms with Crippen LogP contribution in [-0.4, -0.2) is 35.7 Å². The highest BCUT2D eigenvalue weighted by Gasteiger charge is 2.44. The molecule has 6 heteroatoms. The third kappa shape index (κ3) is 5.00. The van der Waals surface area contributed by atoms with Crippen LogP contribution >= 0.6 is 0 Å². The molecular formula is C21H23NO5. The van der Waals surface area contributed by atoms with Gasteiger partial charge < -0.3 is 19.9 Å². The van der Waals surface area contributed by atoms with E-state index in [1.807, 2.05) is 25.1 Å². The highest BCUT2D eigenvalue weighted by atomic mass is 16.5. The Morgan fingerprint density at radius 3 is 2.44 bits per heavy atom. The van der Waals surface area contributed by atoms with E-state index in [0.29, 0.717) is 23.7 Å². The number of ether oxygens (including phenoxy) is 2. The normalized spacial score (nSPS) is 14.3. The molecule has 0 heterocycles. The van der Waals surface area contributed by atoms with Crippen LogP contribution in [0.3, 0.4) is 0 Å². The molecular weight excluding hydrogens is 346 g/mol. The first-order valence-corrected chi connectivity index (χ1v) is 8.99. The number of rotatable bonds is 9. The van der Waals surface area contributed by atoms with Gasteiger partial charge in [0.1, 0.15) is 0 Å². The summed E-state index contributed by atoms with van der Waals surface area (Å²) < 4.78 is 10.7. The number of hydrogen-bond donors (Lipinski definition) is 2. The zero-order valence-corrected chi connectivity index (χ0v) is 15.2. The van der Waals surface area contributed by atoms with Gasteiger partial charge in [-0.2, -0.15) is 0 Å². The van der Waals surface area contributed by atoms with Crippen LogP contribution in [0.2, 0.25) is 0 Å². The fraction of sp³-hybridized carbons (Fsp3) is 0.333. The van der Waals surface area contributed by atoms with Gasteiger partial charge in [-0.25, -0.2) is 4.79 Å². The van der Waals surface area contributed by atoms with Crippen molar-refractivity contribution in [2.45, 2.75) is 31.7 Å². The number of carbonyl (C=O) groups is 2. The molecule has 0 aromatic heterocycles. The molecule has 27 heavy (non-hydrogen) atoms.